The number of aromatic nitrogens is 2. The molecule has 0 saturated carbocycles. The molecule has 2 aliphatic rings. The van der Waals surface area contributed by atoms with Gasteiger partial charge < -0.3 is 15.4 Å². The van der Waals surface area contributed by atoms with Crippen molar-refractivity contribution in [1.82, 2.24) is 15.3 Å². The van der Waals surface area contributed by atoms with Crippen LogP contribution in [0.4, 0.5) is 18.9 Å². The molecule has 1 amide bonds. The molecule has 7 nitrogen and oxygen atoms in total. The van der Waals surface area contributed by atoms with E-state index >= 15 is 0 Å². The first-order chi connectivity index (χ1) is 16.3. The summed E-state index contributed by atoms with van der Waals surface area (Å²) >= 11 is 0.408. The van der Waals surface area contributed by atoms with Gasteiger partial charge >= 0.3 is 6.18 Å². The summed E-state index contributed by atoms with van der Waals surface area (Å²) in [7, 11) is 0. The third kappa shape index (κ3) is 5.57. The predicted octanol–water partition coefficient (Wildman–Crippen LogP) is 4.53. The number of hydrogen-bond acceptors (Lipinski definition) is 7. The molecule has 0 aliphatic carbocycles. The highest BCUT2D eigenvalue weighted by molar-refractivity contribution is 7.09. The normalized spacial score (nSPS) is 18.9. The van der Waals surface area contributed by atoms with Crippen molar-refractivity contribution in [2.45, 2.75) is 70.8 Å². The minimum atomic E-state index is -4.57. The summed E-state index contributed by atoms with van der Waals surface area (Å²) in [6.07, 6.45) is 1.70. The summed E-state index contributed by atoms with van der Waals surface area (Å²) in [5.41, 5.74) is 4.09. The summed E-state index contributed by atoms with van der Waals surface area (Å²) in [4.78, 5) is 25.6. The van der Waals surface area contributed by atoms with Crippen LogP contribution in [0.3, 0.4) is 0 Å². The number of fused-ring (bicyclic) bond motifs is 1. The van der Waals surface area contributed by atoms with Gasteiger partial charge in [0.2, 0.25) is 0 Å². The second-order valence-corrected chi connectivity index (χ2v) is 9.40. The molecule has 2 aromatic heterocycles. The molecule has 1 fully saturated rings. The van der Waals surface area contributed by atoms with Crippen molar-refractivity contribution in [2.24, 2.45) is 4.99 Å². The topological polar surface area (TPSA) is 88.5 Å². The van der Waals surface area contributed by atoms with Crippen molar-refractivity contribution in [2.75, 3.05) is 18.5 Å². The van der Waals surface area contributed by atoms with Crippen LogP contribution in [0.2, 0.25) is 0 Å². The largest absolute Gasteiger partial charge is 0.443 e. The zero-order valence-electron chi connectivity index (χ0n) is 19.2. The maximum absolute atomic E-state index is 12.9. The number of hydrogen-bond donors (Lipinski definition) is 2. The van der Waals surface area contributed by atoms with Crippen LogP contribution in [0, 0.1) is 6.92 Å². The third-order valence-electron chi connectivity index (χ3n) is 6.20. The number of nitrogens with zero attached hydrogens (tertiary/aromatic N) is 3. The van der Waals surface area contributed by atoms with E-state index in [0.717, 1.165) is 65.7 Å². The van der Waals surface area contributed by atoms with Crippen molar-refractivity contribution in [3.05, 3.63) is 38.6 Å². The smallest absolute Gasteiger partial charge is 0.381 e. The second kappa shape index (κ2) is 10.4. The van der Waals surface area contributed by atoms with E-state index in [1.807, 2.05) is 13.1 Å². The van der Waals surface area contributed by atoms with Gasteiger partial charge in [0.25, 0.3) is 5.91 Å². The molecule has 0 aromatic carbocycles. The van der Waals surface area contributed by atoms with Crippen LogP contribution >= 0.6 is 11.3 Å². The fourth-order valence-corrected chi connectivity index (χ4v) is 4.88. The molecule has 1 atom stereocenters. The molecule has 34 heavy (non-hydrogen) atoms. The monoisotopic (exact) mass is 495 g/mol. The quantitative estimate of drug-likeness (QED) is 0.615. The van der Waals surface area contributed by atoms with E-state index in [0.29, 0.717) is 24.6 Å². The number of thiazole rings is 1. The molecule has 11 heteroatoms. The summed E-state index contributed by atoms with van der Waals surface area (Å²) < 4.78 is 44.1. The Morgan fingerprint density at radius 1 is 1.24 bits per heavy atom. The number of anilines is 1. The van der Waals surface area contributed by atoms with Gasteiger partial charge in [-0.25, -0.2) is 4.98 Å². The Labute approximate surface area is 200 Å². The lowest BCUT2D eigenvalue weighted by atomic mass is 9.99. The molecule has 0 radical (unpaired) electrons. The lowest BCUT2D eigenvalue weighted by molar-refractivity contribution is -0.137. The number of carbonyl (C=O) groups excluding carboxylic acids is 1. The zero-order valence-corrected chi connectivity index (χ0v) is 20.0. The molecule has 4 rings (SSSR count). The first kappa shape index (κ1) is 24.6. The number of pyridine rings is 1. The molecule has 1 saturated heterocycles. The van der Waals surface area contributed by atoms with Crippen LogP contribution in [0.5, 0.6) is 0 Å². The van der Waals surface area contributed by atoms with Crippen LogP contribution in [0.1, 0.15) is 70.6 Å². The Kier molecular flexibility index (Phi) is 7.51. The van der Waals surface area contributed by atoms with Crippen LogP contribution in [0.25, 0.3) is 0 Å². The number of ether oxygens (including phenoxy) is 1. The van der Waals surface area contributed by atoms with Crippen LogP contribution in [-0.4, -0.2) is 47.4 Å². The Balaban J connectivity index is 1.62. The highest BCUT2D eigenvalue weighted by atomic mass is 32.1. The van der Waals surface area contributed by atoms with Crippen molar-refractivity contribution in [3.63, 3.8) is 0 Å². The molecular formula is C23H28F3N5O2S. The minimum Gasteiger partial charge on any atom is -0.381 e. The molecule has 2 N–H and O–H groups in total. The van der Waals surface area contributed by atoms with Crippen LogP contribution in [-0.2, 0) is 23.9 Å². The van der Waals surface area contributed by atoms with Crippen molar-refractivity contribution >= 4 is 29.1 Å². The second-order valence-electron chi connectivity index (χ2n) is 8.54. The van der Waals surface area contributed by atoms with Gasteiger partial charge in [-0.15, -0.1) is 11.3 Å². The average Bonchev–Trinajstić information content (AvgIpc) is 3.23. The Morgan fingerprint density at radius 3 is 2.68 bits per heavy atom. The number of nitrogens with one attached hydrogen (secondary N) is 2. The number of aryl methyl sites for hydroxylation is 2. The molecule has 1 unspecified atom stereocenters. The Morgan fingerprint density at radius 2 is 2.00 bits per heavy atom. The van der Waals surface area contributed by atoms with Gasteiger partial charge in [-0.1, -0.05) is 6.92 Å². The average molecular weight is 496 g/mol. The van der Waals surface area contributed by atoms with Gasteiger partial charge in [0, 0.05) is 54.2 Å². The standard InChI is InChI=1S/C23H28F3N5O2S/c1-3-14-4-5-18-17(11-27-14)20(30-15-6-8-33-9-7-15)16(13(2)29-18)10-28-21(32)19-12-34-22(31-19)23(24,25)26/h11-12,14-15H,3-10H2,1-2H3,(H,28,32)(H,29,30). The van der Waals surface area contributed by atoms with E-state index < -0.39 is 17.1 Å². The number of amides is 1. The fraction of sp³-hybridized carbons (Fsp3) is 0.565. The van der Waals surface area contributed by atoms with Gasteiger partial charge in [-0.3, -0.25) is 14.8 Å². The fourth-order valence-electron chi connectivity index (χ4n) is 4.21. The Bertz CT molecular complexity index is 1060. The van der Waals surface area contributed by atoms with Gasteiger partial charge in [-0.2, -0.15) is 13.2 Å². The zero-order chi connectivity index (χ0) is 24.3. The van der Waals surface area contributed by atoms with Gasteiger partial charge in [0.1, 0.15) is 5.69 Å². The number of rotatable bonds is 6. The van der Waals surface area contributed by atoms with E-state index in [9.17, 15) is 18.0 Å². The van der Waals surface area contributed by atoms with Crippen molar-refractivity contribution in [1.29, 1.82) is 0 Å². The van der Waals surface area contributed by atoms with Gasteiger partial charge in [0.15, 0.2) is 5.01 Å². The van der Waals surface area contributed by atoms with E-state index in [-0.39, 0.29) is 24.3 Å². The first-order valence-corrected chi connectivity index (χ1v) is 12.3. The van der Waals surface area contributed by atoms with E-state index in [1.54, 1.807) is 0 Å². The minimum absolute atomic E-state index is 0.112. The van der Waals surface area contributed by atoms with Crippen molar-refractivity contribution in [3.8, 4) is 0 Å². The summed E-state index contributed by atoms with van der Waals surface area (Å²) in [5, 5.41) is 6.46. The van der Waals surface area contributed by atoms with Crippen LogP contribution < -0.4 is 10.6 Å². The molecular weight excluding hydrogens is 467 g/mol. The summed E-state index contributed by atoms with van der Waals surface area (Å²) in [5.74, 6) is -0.655. The lowest BCUT2D eigenvalue weighted by Gasteiger charge is -2.27. The summed E-state index contributed by atoms with van der Waals surface area (Å²) in [6, 6.07) is 0.446. The number of aliphatic imine (C=N–C) groups is 1. The number of carbonyl (C=O) groups is 1. The first-order valence-electron chi connectivity index (χ1n) is 11.5. The van der Waals surface area contributed by atoms with E-state index in [1.165, 1.54) is 0 Å². The molecule has 2 aliphatic heterocycles. The highest BCUT2D eigenvalue weighted by Gasteiger charge is 2.35. The van der Waals surface area contributed by atoms with Crippen molar-refractivity contribution < 1.29 is 22.7 Å². The lowest BCUT2D eigenvalue weighted by Crippen LogP contribution is -2.30. The van der Waals surface area contributed by atoms with Crippen LogP contribution in [0.15, 0.2) is 10.4 Å². The number of alkyl halides is 3. The predicted molar refractivity (Wildman–Crippen MR) is 125 cm³/mol. The number of halogens is 3. The maximum Gasteiger partial charge on any atom is 0.443 e. The van der Waals surface area contributed by atoms with E-state index in [2.05, 4.69) is 22.5 Å². The van der Waals surface area contributed by atoms with Gasteiger partial charge in [-0.05, 0) is 39.0 Å². The molecule has 0 bridgehead atoms. The summed E-state index contributed by atoms with van der Waals surface area (Å²) in [6.45, 7) is 5.46. The van der Waals surface area contributed by atoms with E-state index in [4.69, 9.17) is 14.7 Å². The molecule has 4 heterocycles. The highest BCUT2D eigenvalue weighted by Crippen LogP contribution is 2.32. The maximum atomic E-state index is 12.9. The SMILES string of the molecule is CCC1CCc2nc(C)c(CNC(=O)c3csc(C(F)(F)F)n3)c(NC3CCOCC3)c2C=N1. The Hall–Kier alpha value is -2.53. The molecule has 0 spiro atoms. The molecule has 184 valence electrons. The third-order valence-corrected chi connectivity index (χ3v) is 7.08. The van der Waals surface area contributed by atoms with Gasteiger partial charge in [0.05, 0.1) is 17.4 Å². The molecule has 2 aromatic rings.